The van der Waals surface area contributed by atoms with Crippen molar-refractivity contribution in [2.75, 3.05) is 0 Å². The second kappa shape index (κ2) is 12.9. The number of nitrogens with zero attached hydrogens (tertiary/aromatic N) is 4. The van der Waals surface area contributed by atoms with Crippen LogP contribution < -0.4 is 0 Å². The number of unbranched alkanes of at least 4 members (excludes halogenated alkanes) is 1. The van der Waals surface area contributed by atoms with E-state index in [-0.39, 0.29) is 0 Å². The predicted octanol–water partition coefficient (Wildman–Crippen LogP) is 9.00. The number of aliphatic imine (C=N–C) groups is 2. The van der Waals surface area contributed by atoms with E-state index in [1.54, 1.807) is 0 Å². The molecule has 0 radical (unpaired) electrons. The van der Waals surface area contributed by atoms with Crippen LogP contribution in [0.4, 0.5) is 0 Å². The Balaban J connectivity index is 1.56. The number of aromatic nitrogens is 2. The molecule has 0 unspecified atom stereocenters. The van der Waals surface area contributed by atoms with Crippen LogP contribution in [0, 0.1) is 0 Å². The van der Waals surface area contributed by atoms with Crippen LogP contribution in [0.15, 0.2) is 126 Å². The van der Waals surface area contributed by atoms with Gasteiger partial charge in [-0.1, -0.05) is 98.8 Å². The lowest BCUT2D eigenvalue weighted by atomic mass is 10.00. The summed E-state index contributed by atoms with van der Waals surface area (Å²) in [6, 6.07) is 29.0. The van der Waals surface area contributed by atoms with Gasteiger partial charge in [-0.25, -0.2) is 4.99 Å². The molecule has 0 aliphatic carbocycles. The summed E-state index contributed by atoms with van der Waals surface area (Å²) in [7, 11) is 0. The van der Waals surface area contributed by atoms with Crippen molar-refractivity contribution in [2.45, 2.75) is 39.7 Å². The Labute approximate surface area is 236 Å². The molecular weight excluding hydrogens is 488 g/mol. The van der Waals surface area contributed by atoms with Crippen LogP contribution in [0.1, 0.15) is 55.4 Å². The second-order valence-corrected chi connectivity index (χ2v) is 9.66. The molecule has 0 aliphatic rings. The van der Waals surface area contributed by atoms with Gasteiger partial charge in [-0.2, -0.15) is 0 Å². The summed E-state index contributed by atoms with van der Waals surface area (Å²) in [4.78, 5) is 19.6. The van der Waals surface area contributed by atoms with Gasteiger partial charge in [0.1, 0.15) is 0 Å². The molecule has 0 amide bonds. The van der Waals surface area contributed by atoms with E-state index >= 15 is 0 Å². The van der Waals surface area contributed by atoms with Crippen LogP contribution >= 0.6 is 0 Å². The highest BCUT2D eigenvalue weighted by Gasteiger charge is 2.13. The van der Waals surface area contributed by atoms with Crippen LogP contribution in [0.25, 0.3) is 27.5 Å². The molecule has 4 heteroatoms. The van der Waals surface area contributed by atoms with Crippen molar-refractivity contribution in [1.29, 1.82) is 0 Å². The lowest BCUT2D eigenvalue weighted by Crippen LogP contribution is -2.03. The maximum absolute atomic E-state index is 5.09. The van der Waals surface area contributed by atoms with E-state index < -0.39 is 0 Å². The normalized spacial score (nSPS) is 12.7. The van der Waals surface area contributed by atoms with Gasteiger partial charge in [0.15, 0.2) is 0 Å². The number of allylic oxidation sites excluding steroid dienone is 2. The summed E-state index contributed by atoms with van der Waals surface area (Å²) >= 11 is 0. The minimum atomic E-state index is 0.596. The van der Waals surface area contributed by atoms with Crippen molar-refractivity contribution in [3.05, 3.63) is 138 Å². The molecule has 0 bridgehead atoms. The molecule has 0 N–H and O–H groups in total. The van der Waals surface area contributed by atoms with Crippen LogP contribution in [0.5, 0.6) is 0 Å². The molecule has 40 heavy (non-hydrogen) atoms. The molecule has 4 nitrogen and oxygen atoms in total. The molecule has 5 aromatic rings. The zero-order valence-corrected chi connectivity index (χ0v) is 23.2. The van der Waals surface area contributed by atoms with Gasteiger partial charge in [-0.15, -0.1) is 0 Å². The summed E-state index contributed by atoms with van der Waals surface area (Å²) in [6.45, 7) is 8.90. The van der Waals surface area contributed by atoms with Gasteiger partial charge in [0.05, 0.1) is 29.0 Å². The number of fused-ring (bicyclic) bond motifs is 3. The average molecular weight is 523 g/mol. The van der Waals surface area contributed by atoms with Gasteiger partial charge >= 0.3 is 0 Å². The van der Waals surface area contributed by atoms with E-state index in [0.717, 1.165) is 74.9 Å². The Morgan fingerprint density at radius 2 is 1.45 bits per heavy atom. The molecule has 0 saturated carbocycles. The lowest BCUT2D eigenvalue weighted by molar-refractivity contribution is 0.830. The van der Waals surface area contributed by atoms with Crippen molar-refractivity contribution in [1.82, 2.24) is 9.97 Å². The molecule has 2 heterocycles. The summed E-state index contributed by atoms with van der Waals surface area (Å²) in [5.41, 5.74) is 8.96. The summed E-state index contributed by atoms with van der Waals surface area (Å²) in [5, 5.41) is 2.07. The molecule has 0 spiro atoms. The first-order valence-corrected chi connectivity index (χ1v) is 13.9. The maximum atomic E-state index is 5.09. The van der Waals surface area contributed by atoms with Crippen molar-refractivity contribution in [3.8, 4) is 0 Å². The predicted molar refractivity (Wildman–Crippen MR) is 170 cm³/mol. The van der Waals surface area contributed by atoms with Crippen molar-refractivity contribution in [2.24, 2.45) is 9.98 Å². The van der Waals surface area contributed by atoms with E-state index in [9.17, 15) is 0 Å². The van der Waals surface area contributed by atoms with Gasteiger partial charge in [0, 0.05) is 34.4 Å². The second-order valence-electron chi connectivity index (χ2n) is 9.66. The highest BCUT2D eigenvalue weighted by atomic mass is 14.8. The maximum Gasteiger partial charge on any atom is 0.0971 e. The Hall–Kier alpha value is -4.70. The van der Waals surface area contributed by atoms with Crippen molar-refractivity contribution >= 4 is 38.9 Å². The smallest absolute Gasteiger partial charge is 0.0971 e. The molecule has 198 valence electrons. The first-order valence-electron chi connectivity index (χ1n) is 13.9. The number of hydrogen-bond acceptors (Lipinski definition) is 4. The van der Waals surface area contributed by atoms with Gasteiger partial charge in [-0.05, 0) is 54.7 Å². The van der Waals surface area contributed by atoms with Gasteiger partial charge in [-0.3, -0.25) is 15.0 Å². The summed E-state index contributed by atoms with van der Waals surface area (Å²) in [6.07, 6.45) is 10.8. The minimum Gasteiger partial charge on any atom is -0.284 e. The average Bonchev–Trinajstić information content (AvgIpc) is 3.02. The van der Waals surface area contributed by atoms with Gasteiger partial charge in [0.2, 0.25) is 0 Å². The fraction of sp³-hybridized carbons (Fsp3) is 0.167. The third-order valence-electron chi connectivity index (χ3n) is 7.08. The standard InChI is InChI=1S/C36H34N4/c1-4-7-18-34(27-16-12-9-13-17-27)39-25-28-21-23-37-35-29(28)19-20-31-30(22-24-38-36(31)35)33(6-3)40-32(5-2)26-14-10-8-11-15-26/h5-6,8-17,19-24H,3-4,7,18,25H2,1-2H3/b32-5-,39-34?,40-33?. The molecule has 2 aromatic heterocycles. The largest absolute Gasteiger partial charge is 0.284 e. The van der Waals surface area contributed by atoms with E-state index in [2.05, 4.69) is 68.1 Å². The third-order valence-corrected chi connectivity index (χ3v) is 7.08. The van der Waals surface area contributed by atoms with E-state index in [1.807, 2.05) is 61.8 Å². The van der Waals surface area contributed by atoms with E-state index in [4.69, 9.17) is 20.0 Å². The fourth-order valence-corrected chi connectivity index (χ4v) is 4.97. The number of pyridine rings is 2. The highest BCUT2D eigenvalue weighted by molar-refractivity contribution is 6.19. The molecule has 0 saturated heterocycles. The van der Waals surface area contributed by atoms with Gasteiger partial charge < -0.3 is 0 Å². The number of rotatable bonds is 10. The van der Waals surface area contributed by atoms with Crippen LogP contribution in [0.2, 0.25) is 0 Å². The SMILES string of the molecule is C=CC(=N/C(=C\C)c1ccccc1)c1ccnc2c1ccc1c(CN=C(CCCC)c3ccccc3)ccnc12. The minimum absolute atomic E-state index is 0.596. The Morgan fingerprint density at radius 1 is 0.800 bits per heavy atom. The monoisotopic (exact) mass is 522 g/mol. The summed E-state index contributed by atoms with van der Waals surface area (Å²) in [5.74, 6) is 0. The van der Waals surface area contributed by atoms with Crippen LogP contribution in [0.3, 0.4) is 0 Å². The summed E-state index contributed by atoms with van der Waals surface area (Å²) < 4.78 is 0. The number of benzene rings is 3. The molecule has 0 aliphatic heterocycles. The topological polar surface area (TPSA) is 50.5 Å². The van der Waals surface area contributed by atoms with Crippen LogP contribution in [-0.2, 0) is 6.54 Å². The lowest BCUT2D eigenvalue weighted by Gasteiger charge is -2.12. The highest BCUT2D eigenvalue weighted by Crippen LogP contribution is 2.29. The van der Waals surface area contributed by atoms with Crippen molar-refractivity contribution in [3.63, 3.8) is 0 Å². The first kappa shape index (κ1) is 26.9. The van der Waals surface area contributed by atoms with Crippen LogP contribution in [-0.4, -0.2) is 21.4 Å². The van der Waals surface area contributed by atoms with Gasteiger partial charge in [0.25, 0.3) is 0 Å². The van der Waals surface area contributed by atoms with E-state index in [1.165, 1.54) is 5.56 Å². The van der Waals surface area contributed by atoms with Crippen molar-refractivity contribution < 1.29 is 0 Å². The Morgan fingerprint density at radius 3 is 2.12 bits per heavy atom. The fourth-order valence-electron chi connectivity index (χ4n) is 4.97. The molecule has 0 fully saturated rings. The Kier molecular flexibility index (Phi) is 8.67. The molecule has 0 atom stereocenters. The zero-order chi connectivity index (χ0) is 27.7. The molecule has 3 aromatic carbocycles. The molecule has 5 rings (SSSR count). The Bertz CT molecular complexity index is 1710. The molecular formula is C36H34N4. The quantitative estimate of drug-likeness (QED) is 0.136. The van der Waals surface area contributed by atoms with E-state index in [0.29, 0.717) is 6.54 Å². The third kappa shape index (κ3) is 5.81. The first-order chi connectivity index (χ1) is 19.7. The number of hydrogen-bond donors (Lipinski definition) is 0. The zero-order valence-electron chi connectivity index (χ0n) is 23.2.